The van der Waals surface area contributed by atoms with E-state index in [-0.39, 0.29) is 32.5 Å². The number of hydrogen-bond donors (Lipinski definition) is 0. The number of halogens is 1. The van der Waals surface area contributed by atoms with Gasteiger partial charge in [0.15, 0.2) is 27.1 Å². The van der Waals surface area contributed by atoms with Gasteiger partial charge in [-0.15, -0.1) is 0 Å². The van der Waals surface area contributed by atoms with Gasteiger partial charge < -0.3 is 14.2 Å². The van der Waals surface area contributed by atoms with Gasteiger partial charge in [0.05, 0.1) is 36.8 Å². The average molecular weight is 385 g/mol. The molecule has 25 heavy (non-hydrogen) atoms. The van der Waals surface area contributed by atoms with Crippen LogP contribution in [-0.4, -0.2) is 41.8 Å². The van der Waals surface area contributed by atoms with Gasteiger partial charge in [-0.05, 0) is 30.3 Å². The maximum atomic E-state index is 12.9. The highest BCUT2D eigenvalue weighted by molar-refractivity contribution is 7.90. The van der Waals surface area contributed by atoms with Gasteiger partial charge >= 0.3 is 0 Å². The molecular weight excluding hydrogens is 368 g/mol. The second-order valence-corrected chi connectivity index (χ2v) is 7.55. The maximum Gasteiger partial charge on any atom is 0.204 e. The van der Waals surface area contributed by atoms with Gasteiger partial charge in [-0.1, -0.05) is 11.6 Å². The van der Waals surface area contributed by atoms with Crippen molar-refractivity contribution in [2.45, 2.75) is 4.90 Å². The molecule has 0 atom stereocenters. The van der Waals surface area contributed by atoms with Crippen molar-refractivity contribution in [3.63, 3.8) is 0 Å². The third-order valence-corrected chi connectivity index (χ3v) is 4.99. The van der Waals surface area contributed by atoms with Crippen LogP contribution in [0.25, 0.3) is 0 Å². The minimum absolute atomic E-state index is 0.0322. The van der Waals surface area contributed by atoms with Crippen LogP contribution in [0.15, 0.2) is 35.2 Å². The van der Waals surface area contributed by atoms with Crippen LogP contribution in [0.4, 0.5) is 0 Å². The van der Waals surface area contributed by atoms with Crippen LogP contribution in [0.2, 0.25) is 5.02 Å². The lowest BCUT2D eigenvalue weighted by atomic mass is 10.0. The normalized spacial score (nSPS) is 11.1. The van der Waals surface area contributed by atoms with E-state index in [0.717, 1.165) is 6.26 Å². The van der Waals surface area contributed by atoms with Crippen molar-refractivity contribution in [1.82, 2.24) is 0 Å². The van der Waals surface area contributed by atoms with E-state index in [1.165, 1.54) is 45.6 Å². The zero-order valence-electron chi connectivity index (χ0n) is 14.1. The topological polar surface area (TPSA) is 78.9 Å². The van der Waals surface area contributed by atoms with Gasteiger partial charge in [0.1, 0.15) is 0 Å². The molecule has 8 heteroatoms. The van der Waals surface area contributed by atoms with Gasteiger partial charge in [0.25, 0.3) is 0 Å². The number of ketones is 1. The fourth-order valence-corrected chi connectivity index (χ4v) is 3.31. The van der Waals surface area contributed by atoms with Crippen LogP contribution in [0.1, 0.15) is 15.9 Å². The molecule has 2 aromatic rings. The molecule has 0 heterocycles. The van der Waals surface area contributed by atoms with E-state index in [1.54, 1.807) is 6.07 Å². The Hall–Kier alpha value is -2.25. The molecule has 0 aliphatic rings. The first-order chi connectivity index (χ1) is 11.7. The SMILES string of the molecule is COc1ccc(C(=O)c2ccc(S(C)(=O)=O)cc2Cl)c(OC)c1OC. The van der Waals surface area contributed by atoms with Gasteiger partial charge in [0.2, 0.25) is 5.75 Å². The summed E-state index contributed by atoms with van der Waals surface area (Å²) in [5, 5.41) is 0.0322. The Morgan fingerprint density at radius 3 is 2.00 bits per heavy atom. The number of sulfone groups is 1. The van der Waals surface area contributed by atoms with Crippen molar-refractivity contribution in [2.75, 3.05) is 27.6 Å². The fourth-order valence-electron chi connectivity index (χ4n) is 2.34. The van der Waals surface area contributed by atoms with E-state index in [2.05, 4.69) is 0 Å². The average Bonchev–Trinajstić information content (AvgIpc) is 2.58. The molecule has 134 valence electrons. The number of hydrogen-bond acceptors (Lipinski definition) is 6. The minimum Gasteiger partial charge on any atom is -0.493 e. The Kier molecular flexibility index (Phi) is 5.59. The fraction of sp³-hybridized carbons (Fsp3) is 0.235. The molecule has 6 nitrogen and oxygen atoms in total. The molecule has 0 unspecified atom stereocenters. The lowest BCUT2D eigenvalue weighted by Gasteiger charge is -2.15. The number of ether oxygens (including phenoxy) is 3. The van der Waals surface area contributed by atoms with Crippen molar-refractivity contribution >= 4 is 27.2 Å². The number of carbonyl (C=O) groups is 1. The van der Waals surface area contributed by atoms with E-state index in [1.807, 2.05) is 0 Å². The lowest BCUT2D eigenvalue weighted by Crippen LogP contribution is -2.07. The first-order valence-corrected chi connectivity index (χ1v) is 9.34. The van der Waals surface area contributed by atoms with Gasteiger partial charge in [-0.25, -0.2) is 8.42 Å². The molecule has 0 N–H and O–H groups in total. The van der Waals surface area contributed by atoms with Crippen molar-refractivity contribution in [3.8, 4) is 17.2 Å². The van der Waals surface area contributed by atoms with E-state index in [4.69, 9.17) is 25.8 Å². The Bertz CT molecular complexity index is 921. The van der Waals surface area contributed by atoms with E-state index in [9.17, 15) is 13.2 Å². The molecule has 0 bridgehead atoms. The molecule has 0 aliphatic heterocycles. The summed E-state index contributed by atoms with van der Waals surface area (Å²) in [5.74, 6) is 0.465. The van der Waals surface area contributed by atoms with Crippen LogP contribution in [0.3, 0.4) is 0 Å². The quantitative estimate of drug-likeness (QED) is 0.712. The second-order valence-electron chi connectivity index (χ2n) is 5.12. The Labute approximate surface area is 151 Å². The summed E-state index contributed by atoms with van der Waals surface area (Å²) in [7, 11) is 0.888. The van der Waals surface area contributed by atoms with Gasteiger partial charge in [-0.3, -0.25) is 4.79 Å². The monoisotopic (exact) mass is 384 g/mol. The number of benzene rings is 2. The highest BCUT2D eigenvalue weighted by Crippen LogP contribution is 2.41. The molecule has 0 spiro atoms. The van der Waals surface area contributed by atoms with Crippen LogP contribution in [-0.2, 0) is 9.84 Å². The van der Waals surface area contributed by atoms with Crippen molar-refractivity contribution < 1.29 is 27.4 Å². The lowest BCUT2D eigenvalue weighted by molar-refractivity contribution is 0.103. The van der Waals surface area contributed by atoms with Gasteiger partial charge in [-0.2, -0.15) is 0 Å². The Balaban J connectivity index is 2.59. The summed E-state index contributed by atoms with van der Waals surface area (Å²) in [6.07, 6.45) is 1.07. The van der Waals surface area contributed by atoms with E-state index in [0.29, 0.717) is 5.75 Å². The van der Waals surface area contributed by atoms with Crippen LogP contribution in [0.5, 0.6) is 17.2 Å². The molecule has 0 saturated carbocycles. The van der Waals surface area contributed by atoms with Crippen molar-refractivity contribution in [2.24, 2.45) is 0 Å². The van der Waals surface area contributed by atoms with Gasteiger partial charge in [0, 0.05) is 11.8 Å². The summed E-state index contributed by atoms with van der Waals surface area (Å²) in [6.45, 7) is 0. The number of methoxy groups -OCH3 is 3. The molecule has 0 amide bonds. The largest absolute Gasteiger partial charge is 0.493 e. The molecule has 0 radical (unpaired) electrons. The first-order valence-electron chi connectivity index (χ1n) is 7.07. The molecule has 0 aliphatic carbocycles. The van der Waals surface area contributed by atoms with Crippen LogP contribution in [0, 0.1) is 0 Å². The van der Waals surface area contributed by atoms with Crippen LogP contribution >= 0.6 is 11.6 Å². The summed E-state index contributed by atoms with van der Waals surface area (Å²) in [5.41, 5.74) is 0.369. The molecule has 0 aromatic heterocycles. The molecular formula is C17H17ClO6S. The zero-order valence-corrected chi connectivity index (χ0v) is 15.7. The number of carbonyl (C=O) groups excluding carboxylic acids is 1. The molecule has 2 aromatic carbocycles. The van der Waals surface area contributed by atoms with Crippen LogP contribution < -0.4 is 14.2 Å². The predicted molar refractivity (Wildman–Crippen MR) is 94.1 cm³/mol. The Morgan fingerprint density at radius 2 is 1.52 bits per heavy atom. The van der Waals surface area contributed by atoms with Crippen molar-refractivity contribution in [1.29, 1.82) is 0 Å². The second kappa shape index (κ2) is 7.33. The van der Waals surface area contributed by atoms with E-state index >= 15 is 0 Å². The minimum atomic E-state index is -3.42. The molecule has 2 rings (SSSR count). The predicted octanol–water partition coefficient (Wildman–Crippen LogP) is 3.00. The third kappa shape index (κ3) is 3.72. The smallest absolute Gasteiger partial charge is 0.204 e. The summed E-state index contributed by atoms with van der Waals surface area (Å²) in [4.78, 5) is 12.9. The molecule has 0 saturated heterocycles. The zero-order chi connectivity index (χ0) is 18.8. The maximum absolute atomic E-state index is 12.9. The third-order valence-electron chi connectivity index (χ3n) is 3.56. The Morgan fingerprint density at radius 1 is 0.920 bits per heavy atom. The van der Waals surface area contributed by atoms with Crippen molar-refractivity contribution in [3.05, 3.63) is 46.5 Å². The number of rotatable bonds is 6. The summed E-state index contributed by atoms with van der Waals surface area (Å²) in [6, 6.07) is 7.06. The molecule has 0 fully saturated rings. The summed E-state index contributed by atoms with van der Waals surface area (Å²) >= 11 is 6.13. The highest BCUT2D eigenvalue weighted by atomic mass is 35.5. The standard InChI is InChI=1S/C17H17ClO6S/c1-22-14-8-7-12(16(23-2)17(14)24-3)15(19)11-6-5-10(9-13(11)18)25(4,20)21/h5-9H,1-4H3. The van der Waals surface area contributed by atoms with E-state index < -0.39 is 15.6 Å². The summed E-state index contributed by atoms with van der Waals surface area (Å²) < 4.78 is 39.0. The highest BCUT2D eigenvalue weighted by Gasteiger charge is 2.23. The first kappa shape index (κ1) is 19.1.